The zero-order chi connectivity index (χ0) is 41.0. The molecule has 0 radical (unpaired) electrons. The zero-order valence-corrected chi connectivity index (χ0v) is 34.1. The molecule has 3 amide bonds. The van der Waals surface area contributed by atoms with Crippen molar-refractivity contribution in [1.82, 2.24) is 0 Å². The predicted molar refractivity (Wildman–Crippen MR) is 217 cm³/mol. The fraction of sp³-hybridized carbons (Fsp3) is 0.308. The van der Waals surface area contributed by atoms with Crippen LogP contribution in [0, 0.1) is 0 Å². The first-order chi connectivity index (χ1) is 24.9. The molecule has 10 nitrogen and oxygen atoms in total. The number of nitrogens with zero attached hydrogens (tertiary/aromatic N) is 3. The Kier molecular flexibility index (Phi) is 16.7. The minimum atomic E-state index is -4.30. The second-order valence-corrected chi connectivity index (χ2v) is 14.9. The van der Waals surface area contributed by atoms with Crippen LogP contribution in [0.3, 0.4) is 0 Å². The molecule has 0 aliphatic rings. The standard InChI is InChI=1S/C20H25N3O3.C10H13ClN2O.C9H9BrF3N/c1-20(2,3)26-19(25)22-16-11-9-15(10-12-16)21-18(24)14-7-6-8-17(13-14)23(4)5;1-13(2)9-4-7(5-10(12)14)3-8(11)6-9;1-14(2)8-4-6(9(11,12)13)3-7(10)5-8/h6-13H,1-5H3,(H,21,24)(H,22,25);3-4,6H,5H2,1-2H3,(H2,12,14);3-5H,1-2H3. The van der Waals surface area contributed by atoms with Gasteiger partial charge in [-0.25, -0.2) is 4.79 Å². The van der Waals surface area contributed by atoms with Crippen LogP contribution in [0.2, 0.25) is 5.02 Å². The number of nitrogens with two attached hydrogens (primary N) is 1. The molecule has 4 N–H and O–H groups in total. The smallest absolute Gasteiger partial charge is 0.416 e. The van der Waals surface area contributed by atoms with Gasteiger partial charge in [-0.05, 0) is 105 Å². The lowest BCUT2D eigenvalue weighted by atomic mass is 10.1. The van der Waals surface area contributed by atoms with E-state index in [1.807, 2.05) is 68.3 Å². The van der Waals surface area contributed by atoms with Gasteiger partial charge in [-0.3, -0.25) is 14.9 Å². The molecule has 0 fully saturated rings. The minimum Gasteiger partial charge on any atom is -0.444 e. The maximum atomic E-state index is 12.4. The molecule has 0 aliphatic carbocycles. The van der Waals surface area contributed by atoms with Crippen molar-refractivity contribution in [3.05, 3.63) is 111 Å². The number of halogens is 5. The Morgan fingerprint density at radius 1 is 0.741 bits per heavy atom. The van der Waals surface area contributed by atoms with E-state index in [2.05, 4.69) is 26.6 Å². The lowest BCUT2D eigenvalue weighted by molar-refractivity contribution is -0.137. The molecule has 4 aromatic rings. The summed E-state index contributed by atoms with van der Waals surface area (Å²) in [4.78, 5) is 40.4. The number of ether oxygens (including phenoxy) is 1. The van der Waals surface area contributed by atoms with Crippen molar-refractivity contribution >= 4 is 73.9 Å². The van der Waals surface area contributed by atoms with Crippen LogP contribution in [-0.2, 0) is 22.1 Å². The normalized spacial score (nSPS) is 10.8. The summed E-state index contributed by atoms with van der Waals surface area (Å²) in [5.41, 5.74) is 8.99. The molecule has 15 heteroatoms. The summed E-state index contributed by atoms with van der Waals surface area (Å²) in [7, 11) is 11.1. The number of hydrogen-bond acceptors (Lipinski definition) is 7. The van der Waals surface area contributed by atoms with Crippen LogP contribution in [-0.4, -0.2) is 65.8 Å². The molecule has 0 heterocycles. The minimum absolute atomic E-state index is 0.193. The molecule has 4 aromatic carbocycles. The van der Waals surface area contributed by atoms with E-state index < -0.39 is 23.4 Å². The molecule has 0 saturated carbocycles. The van der Waals surface area contributed by atoms with Crippen molar-refractivity contribution in [3.63, 3.8) is 0 Å². The van der Waals surface area contributed by atoms with E-state index in [1.54, 1.807) is 82.2 Å². The summed E-state index contributed by atoms with van der Waals surface area (Å²) in [6.07, 6.45) is -4.59. The summed E-state index contributed by atoms with van der Waals surface area (Å²) >= 11 is 8.95. The Balaban J connectivity index is 0.000000305. The van der Waals surface area contributed by atoms with Crippen LogP contribution in [0.25, 0.3) is 0 Å². The third-order valence-corrected chi connectivity index (χ3v) is 7.65. The van der Waals surface area contributed by atoms with Crippen molar-refractivity contribution < 1.29 is 32.3 Å². The molecule has 0 unspecified atom stereocenters. The van der Waals surface area contributed by atoms with Crippen LogP contribution in [0.5, 0.6) is 0 Å². The van der Waals surface area contributed by atoms with Gasteiger partial charge < -0.3 is 30.5 Å². The Bertz CT molecular complexity index is 1880. The molecule has 0 aliphatic heterocycles. The number of rotatable bonds is 8. The molecule has 0 spiro atoms. The summed E-state index contributed by atoms with van der Waals surface area (Å²) in [6.45, 7) is 5.41. The topological polar surface area (TPSA) is 120 Å². The van der Waals surface area contributed by atoms with Crippen molar-refractivity contribution in [3.8, 4) is 0 Å². The monoisotopic (exact) mass is 834 g/mol. The Labute approximate surface area is 328 Å². The lowest BCUT2D eigenvalue weighted by Gasteiger charge is -2.19. The van der Waals surface area contributed by atoms with Crippen LogP contribution in [0.4, 0.5) is 46.4 Å². The predicted octanol–water partition coefficient (Wildman–Crippen LogP) is 9.32. The van der Waals surface area contributed by atoms with Gasteiger partial charge >= 0.3 is 12.3 Å². The summed E-state index contributed by atoms with van der Waals surface area (Å²) < 4.78 is 42.7. The fourth-order valence-electron chi connectivity index (χ4n) is 4.38. The molecule has 4 rings (SSSR count). The number of amides is 3. The number of nitrogens with one attached hydrogen (secondary N) is 2. The average molecular weight is 836 g/mol. The van der Waals surface area contributed by atoms with Gasteiger partial charge in [-0.2, -0.15) is 13.2 Å². The summed E-state index contributed by atoms with van der Waals surface area (Å²) in [5, 5.41) is 6.11. The number of anilines is 5. The molecule has 0 atom stereocenters. The second kappa shape index (κ2) is 19.9. The third-order valence-electron chi connectivity index (χ3n) is 6.98. The van der Waals surface area contributed by atoms with Gasteiger partial charge in [0.15, 0.2) is 0 Å². The van der Waals surface area contributed by atoms with Crippen molar-refractivity contribution in [2.24, 2.45) is 5.73 Å². The van der Waals surface area contributed by atoms with E-state index in [-0.39, 0.29) is 18.2 Å². The van der Waals surface area contributed by atoms with E-state index in [0.717, 1.165) is 29.1 Å². The van der Waals surface area contributed by atoms with Crippen LogP contribution >= 0.6 is 27.5 Å². The highest BCUT2D eigenvalue weighted by molar-refractivity contribution is 9.10. The number of hydrogen-bond donors (Lipinski definition) is 3. The highest BCUT2D eigenvalue weighted by Gasteiger charge is 2.31. The molecule has 0 bridgehead atoms. The van der Waals surface area contributed by atoms with Crippen LogP contribution in [0.15, 0.2) is 89.4 Å². The van der Waals surface area contributed by atoms with E-state index in [9.17, 15) is 27.6 Å². The lowest BCUT2D eigenvalue weighted by Crippen LogP contribution is -2.27. The number of carbonyl (C=O) groups is 3. The first kappa shape index (κ1) is 45.2. The average Bonchev–Trinajstić information content (AvgIpc) is 3.04. The molecule has 292 valence electrons. The van der Waals surface area contributed by atoms with Gasteiger partial charge in [0, 0.05) is 85.8 Å². The van der Waals surface area contributed by atoms with Gasteiger partial charge in [-0.1, -0.05) is 33.6 Å². The van der Waals surface area contributed by atoms with Gasteiger partial charge in [0.05, 0.1) is 12.0 Å². The SMILES string of the molecule is CN(C)c1cc(Br)cc(C(F)(F)F)c1.CN(C)c1cc(Cl)cc(CC(N)=O)c1.CN(C)c1cccc(C(=O)Nc2ccc(NC(=O)OC(C)(C)C)cc2)c1. The van der Waals surface area contributed by atoms with Crippen LogP contribution in [0.1, 0.15) is 42.3 Å². The van der Waals surface area contributed by atoms with E-state index in [1.165, 1.54) is 0 Å². The number of carbonyl (C=O) groups excluding carboxylic acids is 3. The Morgan fingerprint density at radius 3 is 1.78 bits per heavy atom. The van der Waals surface area contributed by atoms with Gasteiger partial charge in [0.2, 0.25) is 5.91 Å². The van der Waals surface area contributed by atoms with E-state index in [0.29, 0.717) is 32.1 Å². The van der Waals surface area contributed by atoms with Crippen molar-refractivity contribution in [2.45, 2.75) is 39.0 Å². The van der Waals surface area contributed by atoms with Gasteiger partial charge in [-0.15, -0.1) is 0 Å². The fourth-order valence-corrected chi connectivity index (χ4v) is 5.11. The van der Waals surface area contributed by atoms with E-state index >= 15 is 0 Å². The maximum Gasteiger partial charge on any atom is 0.416 e. The number of primary amides is 1. The number of benzene rings is 4. The summed E-state index contributed by atoms with van der Waals surface area (Å²) in [5.74, 6) is -0.543. The highest BCUT2D eigenvalue weighted by Crippen LogP contribution is 2.34. The zero-order valence-electron chi connectivity index (χ0n) is 31.7. The molecule has 0 aromatic heterocycles. The van der Waals surface area contributed by atoms with Crippen LogP contribution < -0.4 is 31.1 Å². The third kappa shape index (κ3) is 16.4. The molecule has 54 heavy (non-hydrogen) atoms. The molecular weight excluding hydrogens is 789 g/mol. The summed E-state index contributed by atoms with van der Waals surface area (Å²) in [6, 6.07) is 23.5. The second-order valence-electron chi connectivity index (χ2n) is 13.5. The largest absolute Gasteiger partial charge is 0.444 e. The van der Waals surface area contributed by atoms with Gasteiger partial charge in [0.25, 0.3) is 5.91 Å². The molecule has 0 saturated heterocycles. The number of alkyl halides is 3. The van der Waals surface area contributed by atoms with Crippen molar-refractivity contribution in [1.29, 1.82) is 0 Å². The molecular formula is C39H47BrClF3N6O4. The first-order valence-corrected chi connectivity index (χ1v) is 17.6. The quantitative estimate of drug-likeness (QED) is 0.162. The Hall–Kier alpha value is -4.95. The Morgan fingerprint density at radius 2 is 1.28 bits per heavy atom. The van der Waals surface area contributed by atoms with Crippen molar-refractivity contribution in [2.75, 3.05) is 67.6 Å². The van der Waals surface area contributed by atoms with Gasteiger partial charge in [0.1, 0.15) is 5.60 Å². The van der Waals surface area contributed by atoms with E-state index in [4.69, 9.17) is 22.1 Å². The highest BCUT2D eigenvalue weighted by atomic mass is 79.9. The maximum absolute atomic E-state index is 12.4. The first-order valence-electron chi connectivity index (χ1n) is 16.4.